The van der Waals surface area contributed by atoms with Crippen LogP contribution in [0.25, 0.3) is 0 Å². The first-order valence-electron chi connectivity index (χ1n) is 17.7. The molecule has 0 bridgehead atoms. The minimum Gasteiger partial charge on any atom is -0.490 e. The van der Waals surface area contributed by atoms with E-state index in [1.165, 1.54) is 38.5 Å². The Kier molecular flexibility index (Phi) is 18.7. The number of nitrogens with zero attached hydrogens (tertiary/aromatic N) is 1. The topological polar surface area (TPSA) is 94.5 Å². The highest BCUT2D eigenvalue weighted by Crippen LogP contribution is 2.29. The number of hydrogen-bond donors (Lipinski definition) is 1. The first kappa shape index (κ1) is 38.4. The molecule has 0 saturated heterocycles. The second-order valence-electron chi connectivity index (χ2n) is 12.4. The number of hydrogen-bond acceptors (Lipinski definition) is 8. The monoisotopic (exact) mass is 631 g/mol. The number of aliphatic hydroxyl groups excluding tert-OH is 1. The summed E-state index contributed by atoms with van der Waals surface area (Å²) in [6, 6.07) is 7.61. The molecule has 8 heteroatoms. The third kappa shape index (κ3) is 12.9. The van der Waals surface area contributed by atoms with Gasteiger partial charge in [-0.3, -0.25) is 0 Å². The van der Waals surface area contributed by atoms with Gasteiger partial charge in [0.1, 0.15) is 12.7 Å². The molecule has 1 aliphatic heterocycles. The minimum absolute atomic E-state index is 0.00455. The van der Waals surface area contributed by atoms with Gasteiger partial charge in [-0.1, -0.05) is 92.9 Å². The quantitative estimate of drug-likeness (QED) is 0.0852. The molecule has 256 valence electrons. The van der Waals surface area contributed by atoms with Gasteiger partial charge in [0.15, 0.2) is 11.9 Å². The van der Waals surface area contributed by atoms with Crippen LogP contribution in [0.1, 0.15) is 129 Å². The van der Waals surface area contributed by atoms with Gasteiger partial charge in [-0.15, -0.1) is 0 Å². The second-order valence-corrected chi connectivity index (χ2v) is 12.4. The van der Waals surface area contributed by atoms with E-state index in [0.29, 0.717) is 30.6 Å². The zero-order chi connectivity index (χ0) is 33.0. The van der Waals surface area contributed by atoms with Crippen molar-refractivity contribution in [3.05, 3.63) is 41.3 Å². The van der Waals surface area contributed by atoms with E-state index in [2.05, 4.69) is 32.6 Å². The lowest BCUT2D eigenvalue weighted by Crippen LogP contribution is -2.34. The van der Waals surface area contributed by atoms with E-state index >= 15 is 0 Å². The first-order valence-corrected chi connectivity index (χ1v) is 17.7. The van der Waals surface area contributed by atoms with Gasteiger partial charge in [0.05, 0.1) is 18.8 Å². The van der Waals surface area contributed by atoms with Crippen LogP contribution in [-0.2, 0) is 23.7 Å². The highest BCUT2D eigenvalue weighted by Gasteiger charge is 2.42. The van der Waals surface area contributed by atoms with Crippen LogP contribution in [0.4, 0.5) is 5.69 Å². The van der Waals surface area contributed by atoms with Gasteiger partial charge in [-0.25, -0.2) is 9.59 Å². The van der Waals surface area contributed by atoms with Crippen LogP contribution in [0.15, 0.2) is 35.8 Å². The Morgan fingerprint density at radius 2 is 1.36 bits per heavy atom. The molecule has 1 N–H and O–H groups in total. The van der Waals surface area contributed by atoms with Crippen molar-refractivity contribution in [2.75, 3.05) is 37.8 Å². The van der Waals surface area contributed by atoms with Crippen LogP contribution in [0.2, 0.25) is 0 Å². The number of aliphatic hydroxyl groups is 1. The Morgan fingerprint density at radius 3 is 1.87 bits per heavy atom. The first-order chi connectivity index (χ1) is 21.8. The Hall–Kier alpha value is -2.74. The molecule has 0 aromatic heterocycles. The molecule has 0 radical (unpaired) electrons. The van der Waals surface area contributed by atoms with Crippen molar-refractivity contribution in [3.63, 3.8) is 0 Å². The number of anilines is 1. The number of ether oxygens (including phenoxy) is 4. The SMILES string of the molecule is CCCCOC1=C(OCCCC)[C@@H]([C@@H](O)COC(=O)c2ccc(N(CC(CC)CCCC)CC(CC)CCCC)cc2)OC1=O. The lowest BCUT2D eigenvalue weighted by atomic mass is 9.95. The van der Waals surface area contributed by atoms with Crippen LogP contribution in [-0.4, -0.2) is 62.2 Å². The van der Waals surface area contributed by atoms with Crippen molar-refractivity contribution >= 4 is 17.6 Å². The molecule has 8 nitrogen and oxygen atoms in total. The van der Waals surface area contributed by atoms with Crippen LogP contribution in [0, 0.1) is 11.8 Å². The van der Waals surface area contributed by atoms with Gasteiger partial charge in [-0.2, -0.15) is 0 Å². The average Bonchev–Trinajstić information content (AvgIpc) is 3.37. The number of benzene rings is 1. The van der Waals surface area contributed by atoms with Crippen molar-refractivity contribution in [1.29, 1.82) is 0 Å². The lowest BCUT2D eigenvalue weighted by Gasteiger charge is -2.32. The highest BCUT2D eigenvalue weighted by atomic mass is 16.6. The fraction of sp³-hybridized carbons (Fsp3) is 0.730. The van der Waals surface area contributed by atoms with E-state index in [0.717, 1.165) is 57.3 Å². The molecule has 0 spiro atoms. The largest absolute Gasteiger partial charge is 0.490 e. The van der Waals surface area contributed by atoms with E-state index in [4.69, 9.17) is 18.9 Å². The maximum Gasteiger partial charge on any atom is 0.378 e. The summed E-state index contributed by atoms with van der Waals surface area (Å²) >= 11 is 0. The van der Waals surface area contributed by atoms with E-state index in [1.807, 2.05) is 26.0 Å². The standard InChI is InChI=1S/C37H61NO7/c1-7-13-17-28(11-5)25-38(26-29(12-6)18-14-8-2)31-21-19-30(20-22-31)36(40)44-27-32(39)33-34(42-23-15-9-3)35(37(41)45-33)43-24-16-10-4/h19-22,28-29,32-33,39H,7-18,23-27H2,1-6H3/t28?,29?,32-,33+/m0/s1. The van der Waals surface area contributed by atoms with Gasteiger partial charge in [0.25, 0.3) is 0 Å². The van der Waals surface area contributed by atoms with Gasteiger partial charge in [0.2, 0.25) is 5.76 Å². The van der Waals surface area contributed by atoms with E-state index in [9.17, 15) is 14.7 Å². The molecule has 1 aromatic rings. The molecule has 0 aliphatic carbocycles. The highest BCUT2D eigenvalue weighted by molar-refractivity contribution is 5.90. The average molecular weight is 632 g/mol. The zero-order valence-corrected chi connectivity index (χ0v) is 29.0. The lowest BCUT2D eigenvalue weighted by molar-refractivity contribution is -0.148. The Balaban J connectivity index is 2.11. The molecular formula is C37H61NO7. The van der Waals surface area contributed by atoms with E-state index < -0.39 is 24.1 Å². The van der Waals surface area contributed by atoms with Crippen LogP contribution < -0.4 is 4.90 Å². The molecule has 0 saturated carbocycles. The predicted octanol–water partition coefficient (Wildman–Crippen LogP) is 8.21. The van der Waals surface area contributed by atoms with Crippen LogP contribution in [0.3, 0.4) is 0 Å². The van der Waals surface area contributed by atoms with Crippen LogP contribution >= 0.6 is 0 Å². The fourth-order valence-electron chi connectivity index (χ4n) is 5.51. The zero-order valence-electron chi connectivity index (χ0n) is 29.0. The second kappa shape index (κ2) is 21.9. The predicted molar refractivity (Wildman–Crippen MR) is 180 cm³/mol. The number of carbonyl (C=O) groups is 2. The number of unbranched alkanes of at least 4 members (excludes halogenated alkanes) is 4. The Bertz CT molecular complexity index is 991. The van der Waals surface area contributed by atoms with Gasteiger partial charge >= 0.3 is 11.9 Å². The summed E-state index contributed by atoms with van der Waals surface area (Å²) in [5.74, 6) is 0.213. The molecule has 0 fully saturated rings. The van der Waals surface area contributed by atoms with E-state index in [1.54, 1.807) is 12.1 Å². The molecular weight excluding hydrogens is 570 g/mol. The summed E-state index contributed by atoms with van der Waals surface area (Å²) in [5.41, 5.74) is 1.52. The van der Waals surface area contributed by atoms with Crippen molar-refractivity contribution in [2.24, 2.45) is 11.8 Å². The summed E-state index contributed by atoms with van der Waals surface area (Å²) in [6.07, 6.45) is 10.6. The van der Waals surface area contributed by atoms with Gasteiger partial charge in [0, 0.05) is 18.8 Å². The molecule has 1 aromatic carbocycles. The van der Waals surface area contributed by atoms with Crippen LogP contribution in [0.5, 0.6) is 0 Å². The summed E-state index contributed by atoms with van der Waals surface area (Å²) in [6.45, 7) is 15.5. The van der Waals surface area contributed by atoms with Crippen molar-refractivity contribution in [1.82, 2.24) is 0 Å². The van der Waals surface area contributed by atoms with Gasteiger partial charge in [-0.05, 0) is 61.8 Å². The van der Waals surface area contributed by atoms with Crippen molar-refractivity contribution < 1.29 is 33.6 Å². The third-order valence-corrected chi connectivity index (χ3v) is 8.65. The minimum atomic E-state index is -1.29. The van der Waals surface area contributed by atoms with E-state index in [-0.39, 0.29) is 18.1 Å². The smallest absolute Gasteiger partial charge is 0.378 e. The number of carbonyl (C=O) groups excluding carboxylic acids is 2. The number of esters is 2. The fourth-order valence-corrected chi connectivity index (χ4v) is 5.51. The number of cyclic esters (lactones) is 1. The third-order valence-electron chi connectivity index (χ3n) is 8.65. The Morgan fingerprint density at radius 1 is 0.822 bits per heavy atom. The molecule has 45 heavy (non-hydrogen) atoms. The summed E-state index contributed by atoms with van der Waals surface area (Å²) in [7, 11) is 0. The molecule has 2 rings (SSSR count). The maximum atomic E-state index is 13.0. The molecule has 1 heterocycles. The summed E-state index contributed by atoms with van der Waals surface area (Å²) in [5, 5.41) is 10.9. The molecule has 2 unspecified atom stereocenters. The number of rotatable bonds is 25. The normalized spacial score (nSPS) is 16.7. The summed E-state index contributed by atoms with van der Waals surface area (Å²) in [4.78, 5) is 28.1. The van der Waals surface area contributed by atoms with Crippen molar-refractivity contribution in [2.45, 2.75) is 131 Å². The van der Waals surface area contributed by atoms with Gasteiger partial charge < -0.3 is 29.0 Å². The van der Waals surface area contributed by atoms with Crippen molar-refractivity contribution in [3.8, 4) is 0 Å². The maximum absolute atomic E-state index is 13.0. The molecule has 4 atom stereocenters. The molecule has 0 amide bonds. The summed E-state index contributed by atoms with van der Waals surface area (Å²) < 4.78 is 22.4. The molecule has 1 aliphatic rings. The Labute approximate surface area is 272 Å².